The molecule has 26 heavy (non-hydrogen) atoms. The van der Waals surface area contributed by atoms with E-state index in [2.05, 4.69) is 23.7 Å². The molecule has 0 amide bonds. The number of azo groups is 1. The molecule has 0 fully saturated rings. The second kappa shape index (κ2) is 18.2. The third-order valence-electron chi connectivity index (χ3n) is 2.29. The first-order valence-electron chi connectivity index (χ1n) is 8.81. The molecule has 0 saturated heterocycles. The quantitative estimate of drug-likeness (QED) is 0.332. The van der Waals surface area contributed by atoms with E-state index in [0.717, 1.165) is 6.42 Å². The molecule has 0 aliphatic heterocycles. The summed E-state index contributed by atoms with van der Waals surface area (Å²) in [5.74, 6) is 0. The van der Waals surface area contributed by atoms with E-state index in [0.29, 0.717) is 19.8 Å². The van der Waals surface area contributed by atoms with Crippen LogP contribution >= 0.6 is 0 Å². The van der Waals surface area contributed by atoms with Gasteiger partial charge in [0.1, 0.15) is 0 Å². The summed E-state index contributed by atoms with van der Waals surface area (Å²) in [5, 5.41) is 24.7. The number of hydrogen-bond acceptors (Lipinski definition) is 7. The van der Waals surface area contributed by atoms with Crippen LogP contribution in [0, 0.1) is 22.7 Å². The molecule has 0 radical (unpaired) electrons. The third kappa shape index (κ3) is 22.4. The van der Waals surface area contributed by atoms with E-state index in [4.69, 9.17) is 23.8 Å². The largest absolute Gasteiger partial charge is 0.484 e. The van der Waals surface area contributed by atoms with Gasteiger partial charge < -0.3 is 13.3 Å². The van der Waals surface area contributed by atoms with Gasteiger partial charge >= 0.3 is 9.53 Å². The van der Waals surface area contributed by atoms with Crippen LogP contribution in [0.4, 0.5) is 0 Å². The Morgan fingerprint density at radius 1 is 0.846 bits per heavy atom. The number of nitrogens with zero attached hydrogens (tertiary/aromatic N) is 4. The van der Waals surface area contributed by atoms with Gasteiger partial charge in [0.2, 0.25) is 0 Å². The summed E-state index contributed by atoms with van der Waals surface area (Å²) in [7, 11) is -1.73. The minimum atomic E-state index is -1.73. The predicted octanol–water partition coefficient (Wildman–Crippen LogP) is 4.44. The fourth-order valence-electron chi connectivity index (χ4n) is 0.847. The molecular formula is C18H36N4O3Si. The molecular weight excluding hydrogens is 348 g/mol. The first-order chi connectivity index (χ1) is 12.1. The molecule has 0 N–H and O–H groups in total. The molecule has 0 heterocycles. The van der Waals surface area contributed by atoms with Crippen molar-refractivity contribution in [2.75, 3.05) is 19.8 Å². The molecule has 8 heteroatoms. The minimum Gasteiger partial charge on any atom is -0.376 e. The van der Waals surface area contributed by atoms with Gasteiger partial charge in [-0.05, 0) is 54.9 Å². The zero-order chi connectivity index (χ0) is 21.1. The van der Waals surface area contributed by atoms with Crippen molar-refractivity contribution in [2.45, 2.75) is 72.9 Å². The lowest BCUT2D eigenvalue weighted by Crippen LogP contribution is -2.27. The zero-order valence-corrected chi connectivity index (χ0v) is 18.9. The first kappa shape index (κ1) is 29.2. The van der Waals surface area contributed by atoms with Crippen LogP contribution in [0.3, 0.4) is 0 Å². The molecule has 0 atom stereocenters. The van der Waals surface area contributed by atoms with Gasteiger partial charge in [-0.3, -0.25) is 0 Å². The van der Waals surface area contributed by atoms with Crippen LogP contribution in [-0.2, 0) is 13.3 Å². The van der Waals surface area contributed by atoms with Crippen molar-refractivity contribution in [1.29, 1.82) is 10.5 Å². The number of hydrogen-bond donors (Lipinski definition) is 0. The van der Waals surface area contributed by atoms with E-state index in [1.807, 2.05) is 39.0 Å². The van der Waals surface area contributed by atoms with Crippen molar-refractivity contribution >= 4 is 9.53 Å². The Labute approximate surface area is 161 Å². The highest BCUT2D eigenvalue weighted by atomic mass is 28.3. The van der Waals surface area contributed by atoms with Crippen LogP contribution in [0.5, 0.6) is 0 Å². The van der Waals surface area contributed by atoms with Crippen LogP contribution in [-0.4, -0.2) is 40.4 Å². The number of nitriles is 2. The second-order valence-corrected chi connectivity index (χ2v) is 7.47. The minimum absolute atomic E-state index is 0.677. The van der Waals surface area contributed by atoms with Crippen LogP contribution in [0.25, 0.3) is 0 Å². The maximum absolute atomic E-state index is 8.58. The van der Waals surface area contributed by atoms with Crippen molar-refractivity contribution in [1.82, 2.24) is 0 Å². The molecule has 0 aliphatic carbocycles. The van der Waals surface area contributed by atoms with Gasteiger partial charge in [0.15, 0.2) is 11.1 Å². The summed E-state index contributed by atoms with van der Waals surface area (Å²) >= 11 is 0. The van der Waals surface area contributed by atoms with Crippen molar-refractivity contribution in [3.63, 3.8) is 0 Å². The summed E-state index contributed by atoms with van der Waals surface area (Å²) in [6, 6.07) is 3.94. The van der Waals surface area contributed by atoms with Crippen molar-refractivity contribution in [3.8, 4) is 12.1 Å². The third-order valence-corrected chi connectivity index (χ3v) is 4.11. The van der Waals surface area contributed by atoms with Gasteiger partial charge in [0, 0.05) is 19.8 Å². The molecule has 0 rings (SSSR count). The second-order valence-electron chi connectivity index (χ2n) is 5.89. The highest BCUT2D eigenvalue weighted by molar-refractivity contribution is 6.36. The lowest BCUT2D eigenvalue weighted by atomic mass is 10.1. The highest BCUT2D eigenvalue weighted by Gasteiger charge is 2.19. The van der Waals surface area contributed by atoms with E-state index < -0.39 is 20.6 Å². The molecule has 0 aromatic heterocycles. The smallest absolute Gasteiger partial charge is 0.376 e. The van der Waals surface area contributed by atoms with Crippen LogP contribution in [0.15, 0.2) is 22.9 Å². The van der Waals surface area contributed by atoms with Gasteiger partial charge in [0.25, 0.3) is 0 Å². The molecule has 0 bridgehead atoms. The molecule has 150 valence electrons. The standard InChI is InChI=1S/C8H12N4.C6H16O3Si.C4H8/c1-7(2,5-9)11-12-8(3,4)6-10;1-4-7-10(8-5-2)9-6-3;1-3-4-2/h1-4H3;10H,4-6H2,1-3H3;3H,1,4H2,2H3. The lowest BCUT2D eigenvalue weighted by Gasteiger charge is -2.12. The average Bonchev–Trinajstić information content (AvgIpc) is 2.62. The van der Waals surface area contributed by atoms with E-state index in [1.54, 1.807) is 27.7 Å². The molecule has 0 aromatic rings. The number of rotatable bonds is 9. The topological polar surface area (TPSA) is 100.0 Å². The molecule has 0 aliphatic rings. The van der Waals surface area contributed by atoms with Gasteiger partial charge in [-0.1, -0.05) is 13.0 Å². The fourth-order valence-corrected chi connectivity index (χ4v) is 1.95. The fraction of sp³-hybridized carbons (Fsp3) is 0.778. The van der Waals surface area contributed by atoms with Gasteiger partial charge in [-0.2, -0.15) is 20.8 Å². The molecule has 0 aromatic carbocycles. The monoisotopic (exact) mass is 384 g/mol. The van der Waals surface area contributed by atoms with E-state index in [-0.39, 0.29) is 0 Å². The summed E-state index contributed by atoms with van der Waals surface area (Å²) in [5.41, 5.74) is -1.68. The van der Waals surface area contributed by atoms with E-state index in [9.17, 15) is 0 Å². The predicted molar refractivity (Wildman–Crippen MR) is 107 cm³/mol. The van der Waals surface area contributed by atoms with E-state index in [1.165, 1.54) is 0 Å². The lowest BCUT2D eigenvalue weighted by molar-refractivity contribution is 0.107. The zero-order valence-electron chi connectivity index (χ0n) is 17.7. The summed E-state index contributed by atoms with van der Waals surface area (Å²) in [6.45, 7) is 20.0. The Morgan fingerprint density at radius 3 is 1.27 bits per heavy atom. The van der Waals surface area contributed by atoms with E-state index >= 15 is 0 Å². The highest BCUT2D eigenvalue weighted by Crippen LogP contribution is 2.13. The summed E-state index contributed by atoms with van der Waals surface area (Å²) in [6.07, 6.45) is 2.96. The maximum Gasteiger partial charge on any atom is 0.484 e. The van der Waals surface area contributed by atoms with Gasteiger partial charge in [-0.15, -0.1) is 6.58 Å². The first-order valence-corrected chi connectivity index (χ1v) is 10.2. The Balaban J connectivity index is -0.000000341. The van der Waals surface area contributed by atoms with Crippen LogP contribution in [0.1, 0.15) is 61.8 Å². The Bertz CT molecular complexity index is 412. The normalized spacial score (nSPS) is 10.9. The van der Waals surface area contributed by atoms with Crippen molar-refractivity contribution in [3.05, 3.63) is 12.7 Å². The Hall–Kier alpha value is -1.58. The molecule has 7 nitrogen and oxygen atoms in total. The SMILES string of the molecule is C=CCC.CC(C)(C#N)N=NC(C)(C)C#N.CCO[SiH](OCC)OCC. The average molecular weight is 385 g/mol. The van der Waals surface area contributed by atoms with Crippen molar-refractivity contribution in [2.24, 2.45) is 10.2 Å². The Kier molecular flexibility index (Phi) is 20.5. The van der Waals surface area contributed by atoms with Crippen LogP contribution in [0.2, 0.25) is 0 Å². The summed E-state index contributed by atoms with van der Waals surface area (Å²) in [4.78, 5) is 0. The number of allylic oxidation sites excluding steroid dienone is 1. The van der Waals surface area contributed by atoms with Crippen molar-refractivity contribution < 1.29 is 13.3 Å². The van der Waals surface area contributed by atoms with Gasteiger partial charge in [-0.25, -0.2) is 0 Å². The molecule has 0 spiro atoms. The Morgan fingerprint density at radius 2 is 1.12 bits per heavy atom. The van der Waals surface area contributed by atoms with Gasteiger partial charge in [0.05, 0.1) is 12.1 Å². The summed E-state index contributed by atoms with van der Waals surface area (Å²) < 4.78 is 15.7. The maximum atomic E-state index is 8.58. The van der Waals surface area contributed by atoms with Crippen LogP contribution < -0.4 is 0 Å². The molecule has 0 saturated carbocycles. The molecule has 0 unspecified atom stereocenters.